The van der Waals surface area contributed by atoms with Crippen LogP contribution in [0.2, 0.25) is 10.0 Å². The van der Waals surface area contributed by atoms with E-state index in [9.17, 15) is 0 Å². The topological polar surface area (TPSA) is 50.7 Å². The summed E-state index contributed by atoms with van der Waals surface area (Å²) in [6, 6.07) is 5.52. The van der Waals surface area contributed by atoms with E-state index in [1.165, 1.54) is 0 Å². The van der Waals surface area contributed by atoms with Crippen molar-refractivity contribution >= 4 is 23.2 Å². The molecular weight excluding hydrogens is 301 g/mol. The molecule has 0 saturated carbocycles. The molecule has 112 valence electrons. The van der Waals surface area contributed by atoms with Gasteiger partial charge in [0.05, 0.1) is 36.5 Å². The van der Waals surface area contributed by atoms with E-state index < -0.39 is 5.60 Å². The molecule has 0 unspecified atom stereocenters. The van der Waals surface area contributed by atoms with Gasteiger partial charge in [0, 0.05) is 6.54 Å². The fourth-order valence-electron chi connectivity index (χ4n) is 2.31. The van der Waals surface area contributed by atoms with Gasteiger partial charge in [0.1, 0.15) is 5.60 Å². The van der Waals surface area contributed by atoms with Crippen LogP contribution in [-0.2, 0) is 15.1 Å². The first-order chi connectivity index (χ1) is 9.68. The summed E-state index contributed by atoms with van der Waals surface area (Å²) in [5.74, 6) is 0. The standard InChI is InChI=1S/C14H19Cl2NO3/c15-12-2-1-11(9-13(12)16)14(10-19-8-6-18)3-4-17-5-7-20-14/h1-2,9,17-18H,3-8,10H2/t14-/m0/s1. The number of nitrogens with one attached hydrogen (secondary N) is 1. The van der Waals surface area contributed by atoms with Crippen LogP contribution in [0.3, 0.4) is 0 Å². The number of aliphatic hydroxyl groups excluding tert-OH is 1. The first-order valence-electron chi connectivity index (χ1n) is 6.67. The van der Waals surface area contributed by atoms with Crippen molar-refractivity contribution in [1.29, 1.82) is 0 Å². The van der Waals surface area contributed by atoms with E-state index in [0.717, 1.165) is 25.1 Å². The van der Waals surface area contributed by atoms with E-state index >= 15 is 0 Å². The Morgan fingerprint density at radius 3 is 2.90 bits per heavy atom. The lowest BCUT2D eigenvalue weighted by Crippen LogP contribution is -2.36. The third-order valence-electron chi connectivity index (χ3n) is 3.38. The first kappa shape index (κ1) is 16.0. The zero-order valence-electron chi connectivity index (χ0n) is 11.2. The fourth-order valence-corrected chi connectivity index (χ4v) is 2.61. The maximum atomic E-state index is 8.87. The second-order valence-electron chi connectivity index (χ2n) is 4.75. The van der Waals surface area contributed by atoms with Gasteiger partial charge in [0.25, 0.3) is 0 Å². The Morgan fingerprint density at radius 2 is 2.15 bits per heavy atom. The van der Waals surface area contributed by atoms with Gasteiger partial charge < -0.3 is 19.9 Å². The molecule has 1 saturated heterocycles. The highest BCUT2D eigenvalue weighted by atomic mass is 35.5. The minimum absolute atomic E-state index is 0.00426. The Balaban J connectivity index is 2.25. The summed E-state index contributed by atoms with van der Waals surface area (Å²) in [6.07, 6.45) is 0.774. The van der Waals surface area contributed by atoms with Crippen molar-refractivity contribution in [3.63, 3.8) is 0 Å². The summed E-state index contributed by atoms with van der Waals surface area (Å²) in [5, 5.41) is 13.2. The van der Waals surface area contributed by atoms with Gasteiger partial charge in [-0.1, -0.05) is 29.3 Å². The van der Waals surface area contributed by atoms with Gasteiger partial charge >= 0.3 is 0 Å². The molecule has 1 aliphatic rings. The second-order valence-corrected chi connectivity index (χ2v) is 5.56. The predicted octanol–water partition coefficient (Wildman–Crippen LogP) is 2.21. The van der Waals surface area contributed by atoms with Gasteiger partial charge in [-0.25, -0.2) is 0 Å². The molecule has 2 rings (SSSR count). The van der Waals surface area contributed by atoms with E-state index in [2.05, 4.69) is 5.32 Å². The van der Waals surface area contributed by atoms with Gasteiger partial charge in [-0.15, -0.1) is 0 Å². The van der Waals surface area contributed by atoms with Crippen LogP contribution < -0.4 is 5.32 Å². The lowest BCUT2D eigenvalue weighted by atomic mass is 9.91. The normalized spacial score (nSPS) is 23.6. The highest BCUT2D eigenvalue weighted by molar-refractivity contribution is 6.42. The Hall–Kier alpha value is -0.360. The molecule has 1 aromatic carbocycles. The van der Waals surface area contributed by atoms with E-state index in [1.807, 2.05) is 12.1 Å². The number of benzene rings is 1. The second kappa shape index (κ2) is 7.59. The van der Waals surface area contributed by atoms with Crippen molar-refractivity contribution in [2.45, 2.75) is 12.0 Å². The number of halogens is 2. The van der Waals surface area contributed by atoms with Crippen LogP contribution in [0.5, 0.6) is 0 Å². The number of rotatable bonds is 5. The molecule has 0 radical (unpaired) electrons. The van der Waals surface area contributed by atoms with Gasteiger partial charge in [-0.2, -0.15) is 0 Å². The summed E-state index contributed by atoms with van der Waals surface area (Å²) < 4.78 is 11.6. The molecule has 1 heterocycles. The van der Waals surface area contributed by atoms with Crippen LogP contribution in [0.1, 0.15) is 12.0 Å². The first-order valence-corrected chi connectivity index (χ1v) is 7.42. The van der Waals surface area contributed by atoms with Crippen molar-refractivity contribution in [3.8, 4) is 0 Å². The molecule has 0 bridgehead atoms. The van der Waals surface area contributed by atoms with E-state index in [1.54, 1.807) is 6.07 Å². The Kier molecular flexibility index (Phi) is 6.08. The number of hydrogen-bond donors (Lipinski definition) is 2. The lowest BCUT2D eigenvalue weighted by molar-refractivity contribution is -0.102. The van der Waals surface area contributed by atoms with Gasteiger partial charge in [0.15, 0.2) is 0 Å². The van der Waals surface area contributed by atoms with Gasteiger partial charge in [-0.05, 0) is 30.7 Å². The Bertz CT molecular complexity index is 434. The SMILES string of the molecule is OCCOC[C@]1(c2ccc(Cl)c(Cl)c2)CCNCCO1. The number of ether oxygens (including phenoxy) is 2. The minimum Gasteiger partial charge on any atom is -0.394 e. The van der Waals surface area contributed by atoms with Crippen molar-refractivity contribution in [3.05, 3.63) is 33.8 Å². The molecule has 1 atom stereocenters. The Labute approximate surface area is 129 Å². The smallest absolute Gasteiger partial charge is 0.118 e. The molecule has 4 nitrogen and oxygen atoms in total. The fraction of sp³-hybridized carbons (Fsp3) is 0.571. The molecule has 20 heavy (non-hydrogen) atoms. The molecule has 1 fully saturated rings. The highest BCUT2D eigenvalue weighted by Gasteiger charge is 2.35. The molecule has 2 N–H and O–H groups in total. The van der Waals surface area contributed by atoms with Gasteiger partial charge in [-0.3, -0.25) is 0 Å². The average molecular weight is 320 g/mol. The molecular formula is C14H19Cl2NO3. The molecule has 0 amide bonds. The van der Waals surface area contributed by atoms with Crippen LogP contribution in [0, 0.1) is 0 Å². The Morgan fingerprint density at radius 1 is 1.30 bits per heavy atom. The molecule has 0 aliphatic carbocycles. The van der Waals surface area contributed by atoms with Gasteiger partial charge in [0.2, 0.25) is 0 Å². The summed E-state index contributed by atoms with van der Waals surface area (Å²) in [6.45, 7) is 2.91. The predicted molar refractivity (Wildman–Crippen MR) is 79.5 cm³/mol. The van der Waals surface area contributed by atoms with Crippen LogP contribution in [0.15, 0.2) is 18.2 Å². The summed E-state index contributed by atoms with van der Waals surface area (Å²) in [4.78, 5) is 0. The molecule has 1 aromatic rings. The van der Waals surface area contributed by atoms with Crippen LogP contribution >= 0.6 is 23.2 Å². The lowest BCUT2D eigenvalue weighted by Gasteiger charge is -2.33. The van der Waals surface area contributed by atoms with E-state index in [4.69, 9.17) is 37.8 Å². The minimum atomic E-state index is -0.549. The number of hydrogen-bond acceptors (Lipinski definition) is 4. The average Bonchev–Trinajstić information content (AvgIpc) is 2.69. The van der Waals surface area contributed by atoms with Crippen molar-refractivity contribution in [2.75, 3.05) is 39.5 Å². The van der Waals surface area contributed by atoms with Crippen LogP contribution in [0.25, 0.3) is 0 Å². The monoisotopic (exact) mass is 319 g/mol. The number of aliphatic hydroxyl groups is 1. The molecule has 1 aliphatic heterocycles. The van der Waals surface area contributed by atoms with E-state index in [0.29, 0.717) is 29.9 Å². The third kappa shape index (κ3) is 3.85. The summed E-state index contributed by atoms with van der Waals surface area (Å²) in [5.41, 5.74) is 0.404. The third-order valence-corrected chi connectivity index (χ3v) is 4.12. The molecule has 0 spiro atoms. The van der Waals surface area contributed by atoms with Crippen molar-refractivity contribution < 1.29 is 14.6 Å². The molecule has 0 aromatic heterocycles. The highest BCUT2D eigenvalue weighted by Crippen LogP contribution is 2.34. The maximum absolute atomic E-state index is 8.87. The zero-order valence-corrected chi connectivity index (χ0v) is 12.7. The van der Waals surface area contributed by atoms with Crippen LogP contribution in [0.4, 0.5) is 0 Å². The van der Waals surface area contributed by atoms with Crippen LogP contribution in [-0.4, -0.2) is 44.6 Å². The molecule has 6 heteroatoms. The van der Waals surface area contributed by atoms with Crippen molar-refractivity contribution in [1.82, 2.24) is 5.32 Å². The van der Waals surface area contributed by atoms with Crippen molar-refractivity contribution in [2.24, 2.45) is 0 Å². The summed E-state index contributed by atoms with van der Waals surface area (Å²) in [7, 11) is 0. The quantitative estimate of drug-likeness (QED) is 0.817. The summed E-state index contributed by atoms with van der Waals surface area (Å²) >= 11 is 12.1. The largest absolute Gasteiger partial charge is 0.394 e. The zero-order chi connectivity index (χ0) is 14.4. The maximum Gasteiger partial charge on any atom is 0.118 e. The van der Waals surface area contributed by atoms with E-state index in [-0.39, 0.29) is 6.61 Å².